The molecule has 4 nitrogen and oxygen atoms in total. The van der Waals surface area contributed by atoms with E-state index in [2.05, 4.69) is 179 Å². The van der Waals surface area contributed by atoms with Crippen LogP contribution in [0.1, 0.15) is 285 Å². The van der Waals surface area contributed by atoms with Crippen molar-refractivity contribution in [3.05, 3.63) is 133 Å². The smallest absolute Gasteiger partial charge is 0.0499 e. The number of nitrogens with zero attached hydrogens (tertiary/aromatic N) is 4. The fraction of sp³-hybridized carbons (Fsp3) is 0.522. The lowest BCUT2D eigenvalue weighted by molar-refractivity contribution is 0.541. The zero-order valence-electron chi connectivity index (χ0n) is 61.4. The summed E-state index contributed by atoms with van der Waals surface area (Å²) in [5.74, 6) is 0. The Morgan fingerprint density at radius 3 is 0.704 bits per heavy atom. The largest absolute Gasteiger partial charge is 0.340 e. The minimum absolute atomic E-state index is 1.05. The van der Waals surface area contributed by atoms with E-state index < -0.39 is 0 Å². The molecule has 6 aromatic carbocycles. The molecule has 0 unspecified atom stereocenters. The van der Waals surface area contributed by atoms with Gasteiger partial charge in [0.1, 0.15) is 0 Å². The molecule has 0 aliphatic carbocycles. The van der Waals surface area contributed by atoms with Gasteiger partial charge in [-0.1, -0.05) is 320 Å². The van der Waals surface area contributed by atoms with Crippen molar-refractivity contribution in [3.8, 4) is 30.6 Å². The van der Waals surface area contributed by atoms with Gasteiger partial charge in [0.05, 0.1) is 0 Å². The van der Waals surface area contributed by atoms with Gasteiger partial charge in [-0.15, -0.1) is 22.7 Å². The second-order valence-corrected chi connectivity index (χ2v) is 32.1. The van der Waals surface area contributed by atoms with Gasteiger partial charge in [-0.25, -0.2) is 0 Å². The maximum absolute atomic E-state index is 2.72. The van der Waals surface area contributed by atoms with Gasteiger partial charge in [0.2, 0.25) is 0 Å². The van der Waals surface area contributed by atoms with Crippen molar-refractivity contribution < 1.29 is 0 Å². The van der Waals surface area contributed by atoms with E-state index >= 15 is 0 Å². The van der Waals surface area contributed by atoms with Crippen LogP contribution in [0.2, 0.25) is 0 Å². The fourth-order valence-electron chi connectivity index (χ4n) is 16.8. The number of fused-ring (bicyclic) bond motifs is 12. The Kier molecular flexibility index (Phi) is 27.5. The van der Waals surface area contributed by atoms with E-state index in [0.717, 1.165) is 26.2 Å². The summed E-state index contributed by atoms with van der Waals surface area (Å²) in [5.41, 5.74) is 13.8. The predicted octanol–water partition coefficient (Wildman–Crippen LogP) is 30.9. The fourth-order valence-corrected chi connectivity index (χ4v) is 18.9. The van der Waals surface area contributed by atoms with Crippen LogP contribution < -0.4 is 0 Å². The Morgan fingerprint density at radius 2 is 0.418 bits per heavy atom. The summed E-state index contributed by atoms with van der Waals surface area (Å²) in [6.45, 7) is 13.5. The quantitative estimate of drug-likeness (QED) is 0.0339. The zero-order chi connectivity index (χ0) is 67.1. The molecule has 12 rings (SSSR count). The number of hydrogen-bond acceptors (Lipinski definition) is 2. The molecular weight excluding hydrogens is 1230 g/mol. The van der Waals surface area contributed by atoms with Crippen LogP contribution in [0.15, 0.2) is 133 Å². The second kappa shape index (κ2) is 37.6. The first kappa shape index (κ1) is 71.7. The minimum Gasteiger partial charge on any atom is -0.340 e. The molecule has 0 saturated heterocycles. The summed E-state index contributed by atoms with van der Waals surface area (Å²) in [6.07, 6.45) is 54.3. The molecule has 98 heavy (non-hydrogen) atoms. The SMILES string of the molecule is CCCCCCCCCCCCn1c2ccccc2c2cc3c(cc21)c1ccc(-c2ccc(-c4ccc(-c5ccc6c7cc8c(cc7n(CCCCCCCCCCCC)c6c5)c5ccccc5n8CCCCCCCCCCCC)s4)s2)cc1n3CCCCCCCCCCCC. The number of para-hydroxylation sites is 2. The number of benzene rings is 6. The van der Waals surface area contributed by atoms with Crippen molar-refractivity contribution in [3.63, 3.8) is 0 Å². The highest BCUT2D eigenvalue weighted by Crippen LogP contribution is 2.45. The zero-order valence-corrected chi connectivity index (χ0v) is 63.1. The maximum Gasteiger partial charge on any atom is 0.0499 e. The number of thiophene rings is 2. The molecule has 0 amide bonds. The van der Waals surface area contributed by atoms with Crippen LogP contribution in [-0.2, 0) is 26.2 Å². The van der Waals surface area contributed by atoms with Crippen molar-refractivity contribution in [1.82, 2.24) is 18.3 Å². The van der Waals surface area contributed by atoms with E-state index in [1.165, 1.54) is 375 Å². The summed E-state index contributed by atoms with van der Waals surface area (Å²) in [7, 11) is 0. The van der Waals surface area contributed by atoms with Gasteiger partial charge < -0.3 is 18.3 Å². The van der Waals surface area contributed by atoms with Crippen LogP contribution in [0.4, 0.5) is 0 Å². The van der Waals surface area contributed by atoms with Crippen molar-refractivity contribution in [2.24, 2.45) is 0 Å². The molecule has 0 fully saturated rings. The van der Waals surface area contributed by atoms with Gasteiger partial charge in [-0.05, 0) is 110 Å². The molecule has 6 aromatic heterocycles. The molecule has 0 saturated carbocycles. The molecule has 0 atom stereocenters. The molecule has 6 heteroatoms. The summed E-state index contributed by atoms with van der Waals surface area (Å²) in [5, 5.41) is 11.2. The lowest BCUT2D eigenvalue weighted by Gasteiger charge is -2.10. The lowest BCUT2D eigenvalue weighted by atomic mass is 10.1. The van der Waals surface area contributed by atoms with Crippen molar-refractivity contribution >= 4 is 110 Å². The van der Waals surface area contributed by atoms with E-state index in [4.69, 9.17) is 0 Å². The number of aryl methyl sites for hydroxylation is 4. The molecular formula is C92H122N4S2. The van der Waals surface area contributed by atoms with Crippen molar-refractivity contribution in [1.29, 1.82) is 0 Å². The molecule has 12 aromatic rings. The molecule has 6 heterocycles. The Labute approximate surface area is 599 Å². The number of aromatic nitrogens is 4. The van der Waals surface area contributed by atoms with Crippen LogP contribution in [-0.4, -0.2) is 18.3 Å². The van der Waals surface area contributed by atoms with E-state index in [1.54, 1.807) is 0 Å². The summed E-state index contributed by atoms with van der Waals surface area (Å²) in [6, 6.07) is 53.4. The Morgan fingerprint density at radius 1 is 0.194 bits per heavy atom. The Hall–Kier alpha value is -6.08. The summed E-state index contributed by atoms with van der Waals surface area (Å²) >= 11 is 3.93. The number of hydrogen-bond donors (Lipinski definition) is 0. The highest BCUT2D eigenvalue weighted by Gasteiger charge is 2.21. The number of rotatable bonds is 47. The van der Waals surface area contributed by atoms with Gasteiger partial charge in [-0.2, -0.15) is 0 Å². The van der Waals surface area contributed by atoms with Crippen LogP contribution in [0.5, 0.6) is 0 Å². The normalized spacial score (nSPS) is 12.2. The average Bonchev–Trinajstić information content (AvgIpc) is 1.57. The highest BCUT2D eigenvalue weighted by atomic mass is 32.1. The van der Waals surface area contributed by atoms with Gasteiger partial charge >= 0.3 is 0 Å². The Balaban J connectivity index is 0.805. The molecule has 0 radical (unpaired) electrons. The molecule has 0 bridgehead atoms. The van der Waals surface area contributed by atoms with Gasteiger partial charge in [-0.3, -0.25) is 0 Å². The predicted molar refractivity (Wildman–Crippen MR) is 438 cm³/mol. The van der Waals surface area contributed by atoms with Gasteiger partial charge in [0, 0.05) is 133 Å². The van der Waals surface area contributed by atoms with Crippen LogP contribution in [0.3, 0.4) is 0 Å². The van der Waals surface area contributed by atoms with Gasteiger partial charge in [0.15, 0.2) is 0 Å². The summed E-state index contributed by atoms with van der Waals surface area (Å²) in [4.78, 5) is 5.41. The first-order valence-corrected chi connectivity index (χ1v) is 42.3. The minimum atomic E-state index is 1.05. The van der Waals surface area contributed by atoms with Crippen molar-refractivity contribution in [2.75, 3.05) is 0 Å². The van der Waals surface area contributed by atoms with Crippen molar-refractivity contribution in [2.45, 2.75) is 311 Å². The van der Waals surface area contributed by atoms with Gasteiger partial charge in [0.25, 0.3) is 0 Å². The van der Waals surface area contributed by atoms with E-state index in [1.807, 2.05) is 22.7 Å². The third-order valence-electron chi connectivity index (χ3n) is 22.5. The number of unbranched alkanes of at least 4 members (excludes halogenated alkanes) is 36. The molecule has 0 aliphatic heterocycles. The molecule has 0 aliphatic rings. The van der Waals surface area contributed by atoms with E-state index in [-0.39, 0.29) is 0 Å². The van der Waals surface area contributed by atoms with Crippen LogP contribution in [0.25, 0.3) is 118 Å². The molecule has 0 N–H and O–H groups in total. The topological polar surface area (TPSA) is 19.7 Å². The Bertz CT molecular complexity index is 4110. The third kappa shape index (κ3) is 17.8. The first-order valence-electron chi connectivity index (χ1n) is 40.7. The highest BCUT2D eigenvalue weighted by molar-refractivity contribution is 7.25. The maximum atomic E-state index is 2.72. The van der Waals surface area contributed by atoms with Crippen LogP contribution in [0, 0.1) is 0 Å². The lowest BCUT2D eigenvalue weighted by Crippen LogP contribution is -1.99. The monoisotopic (exact) mass is 1350 g/mol. The van der Waals surface area contributed by atoms with E-state index in [9.17, 15) is 0 Å². The van der Waals surface area contributed by atoms with Crippen LogP contribution >= 0.6 is 22.7 Å². The molecule has 522 valence electrons. The molecule has 0 spiro atoms. The second-order valence-electron chi connectivity index (χ2n) is 29.9. The third-order valence-corrected chi connectivity index (χ3v) is 24.9. The average molecular weight is 1350 g/mol. The van der Waals surface area contributed by atoms with E-state index in [0.29, 0.717) is 0 Å². The first-order chi connectivity index (χ1) is 48.6. The standard InChI is InChI=1S/C92H122N4S2/c1-5-9-13-17-21-25-29-33-37-45-61-93-81-51-43-41-49-73(81)77-67-87-79(69-85(77)93)75-55-53-71(65-83(75)95(87)63-47-39-35-31-27-23-19-15-11-7-3)89-57-59-91(97-89)92-60-58-90(98-92)72-54-56-76-80-70-86-78(68-88(80)96(84(76)66-72)64-48-40-36-32-28-24-20-16-12-8-4)74-50-42-44-52-82(74)94(86)62-46-38-34-30-26-22-18-14-10-6-2/h41-44,49-60,65-70H,5-40,45-48,61-64H2,1-4H3. The summed E-state index contributed by atoms with van der Waals surface area (Å²) < 4.78 is 10.8.